The molecule has 0 unspecified atom stereocenters. The first kappa shape index (κ1) is 12.1. The number of hydrogen-bond donors (Lipinski definition) is 1. The van der Waals surface area contributed by atoms with Gasteiger partial charge in [0.1, 0.15) is 18.0 Å². The van der Waals surface area contributed by atoms with Gasteiger partial charge in [-0.25, -0.2) is 9.97 Å². The fourth-order valence-electron chi connectivity index (χ4n) is 2.18. The maximum atomic E-state index is 9.23. The van der Waals surface area contributed by atoms with Gasteiger partial charge in [0.05, 0.1) is 0 Å². The molecule has 1 fully saturated rings. The van der Waals surface area contributed by atoms with Crippen molar-refractivity contribution in [3.8, 4) is 0 Å². The van der Waals surface area contributed by atoms with Crippen molar-refractivity contribution < 1.29 is 5.11 Å². The molecule has 1 aromatic rings. The molecule has 0 saturated carbocycles. The van der Waals surface area contributed by atoms with Crippen LogP contribution in [0.15, 0.2) is 12.4 Å². The minimum atomic E-state index is 0.266. The first-order valence-electron chi connectivity index (χ1n) is 6.06. The second kappa shape index (κ2) is 5.31. The lowest BCUT2D eigenvalue weighted by molar-refractivity contribution is 0.208. The third kappa shape index (κ3) is 2.85. The first-order valence-corrected chi connectivity index (χ1v) is 6.06. The van der Waals surface area contributed by atoms with E-state index in [9.17, 15) is 5.11 Å². The standard InChI is InChI=1S/C12H20N4O/c1-15(2)11-6-12(14-9-13-11)16-5-3-4-10(7-16)8-17/h6,9-10,17H,3-5,7-8H2,1-2H3/t10-/m0/s1. The largest absolute Gasteiger partial charge is 0.396 e. The molecule has 1 N–H and O–H groups in total. The van der Waals surface area contributed by atoms with Gasteiger partial charge >= 0.3 is 0 Å². The monoisotopic (exact) mass is 236 g/mol. The molecule has 0 spiro atoms. The smallest absolute Gasteiger partial charge is 0.134 e. The van der Waals surface area contributed by atoms with Crippen LogP contribution in [0.25, 0.3) is 0 Å². The van der Waals surface area contributed by atoms with E-state index in [4.69, 9.17) is 0 Å². The van der Waals surface area contributed by atoms with Crippen molar-refractivity contribution in [3.05, 3.63) is 12.4 Å². The van der Waals surface area contributed by atoms with Crippen LogP contribution in [-0.2, 0) is 0 Å². The lowest BCUT2D eigenvalue weighted by Gasteiger charge is -2.32. The summed E-state index contributed by atoms with van der Waals surface area (Å²) in [6.07, 6.45) is 3.83. The van der Waals surface area contributed by atoms with Gasteiger partial charge in [0.15, 0.2) is 0 Å². The third-order valence-electron chi connectivity index (χ3n) is 3.20. The molecule has 94 valence electrons. The van der Waals surface area contributed by atoms with Crippen LogP contribution in [0.2, 0.25) is 0 Å². The van der Waals surface area contributed by atoms with Crippen LogP contribution in [0.3, 0.4) is 0 Å². The van der Waals surface area contributed by atoms with Gasteiger partial charge in [-0.2, -0.15) is 0 Å². The Balaban J connectivity index is 2.13. The molecule has 0 radical (unpaired) electrons. The maximum Gasteiger partial charge on any atom is 0.134 e. The number of hydrogen-bond acceptors (Lipinski definition) is 5. The van der Waals surface area contributed by atoms with E-state index in [1.54, 1.807) is 6.33 Å². The molecule has 1 atom stereocenters. The van der Waals surface area contributed by atoms with Crippen molar-refractivity contribution >= 4 is 11.6 Å². The van der Waals surface area contributed by atoms with Crippen LogP contribution < -0.4 is 9.80 Å². The second-order valence-electron chi connectivity index (χ2n) is 4.77. The van der Waals surface area contributed by atoms with Crippen molar-refractivity contribution in [3.63, 3.8) is 0 Å². The van der Waals surface area contributed by atoms with Crippen molar-refractivity contribution in [1.29, 1.82) is 0 Å². The zero-order valence-corrected chi connectivity index (χ0v) is 10.5. The van der Waals surface area contributed by atoms with E-state index in [0.717, 1.165) is 37.6 Å². The molecular weight excluding hydrogens is 216 g/mol. The van der Waals surface area contributed by atoms with Gasteiger partial charge in [0.2, 0.25) is 0 Å². The Morgan fingerprint density at radius 2 is 2.29 bits per heavy atom. The molecule has 2 heterocycles. The Labute approximate surface area is 102 Å². The van der Waals surface area contributed by atoms with E-state index < -0.39 is 0 Å². The summed E-state index contributed by atoms with van der Waals surface area (Å²) in [6, 6.07) is 2.00. The molecule has 0 aliphatic carbocycles. The Morgan fingerprint density at radius 1 is 1.47 bits per heavy atom. The van der Waals surface area contributed by atoms with Crippen molar-refractivity contribution in [2.75, 3.05) is 43.6 Å². The predicted molar refractivity (Wildman–Crippen MR) is 68.4 cm³/mol. The highest BCUT2D eigenvalue weighted by atomic mass is 16.3. The van der Waals surface area contributed by atoms with Crippen LogP contribution in [0, 0.1) is 5.92 Å². The zero-order valence-electron chi connectivity index (χ0n) is 10.5. The highest BCUT2D eigenvalue weighted by molar-refractivity contribution is 5.49. The summed E-state index contributed by atoms with van der Waals surface area (Å²) >= 11 is 0. The number of nitrogens with zero attached hydrogens (tertiary/aromatic N) is 4. The molecule has 2 rings (SSSR count). The van der Waals surface area contributed by atoms with E-state index in [-0.39, 0.29) is 6.61 Å². The minimum Gasteiger partial charge on any atom is -0.396 e. The highest BCUT2D eigenvalue weighted by Crippen LogP contribution is 2.22. The van der Waals surface area contributed by atoms with Crippen LogP contribution in [0.1, 0.15) is 12.8 Å². The van der Waals surface area contributed by atoms with E-state index in [1.807, 2.05) is 25.1 Å². The molecule has 0 bridgehead atoms. The summed E-state index contributed by atoms with van der Waals surface area (Å²) in [5.41, 5.74) is 0. The minimum absolute atomic E-state index is 0.266. The van der Waals surface area contributed by atoms with E-state index >= 15 is 0 Å². The van der Waals surface area contributed by atoms with Gasteiger partial charge in [-0.1, -0.05) is 0 Å². The third-order valence-corrected chi connectivity index (χ3v) is 3.20. The zero-order chi connectivity index (χ0) is 12.3. The van der Waals surface area contributed by atoms with Gasteiger partial charge in [-0.15, -0.1) is 0 Å². The molecule has 1 aromatic heterocycles. The van der Waals surface area contributed by atoms with Crippen LogP contribution >= 0.6 is 0 Å². The fraction of sp³-hybridized carbons (Fsp3) is 0.667. The Hall–Kier alpha value is -1.36. The lowest BCUT2D eigenvalue weighted by atomic mass is 9.99. The van der Waals surface area contributed by atoms with E-state index in [1.165, 1.54) is 0 Å². The molecule has 5 nitrogen and oxygen atoms in total. The Kier molecular flexibility index (Phi) is 3.78. The SMILES string of the molecule is CN(C)c1cc(N2CCC[C@H](CO)C2)ncn1. The topological polar surface area (TPSA) is 52.5 Å². The molecule has 1 saturated heterocycles. The molecular formula is C12H20N4O. The molecule has 0 aromatic carbocycles. The van der Waals surface area contributed by atoms with Gasteiger partial charge < -0.3 is 14.9 Å². The first-order chi connectivity index (χ1) is 8.20. The average molecular weight is 236 g/mol. The van der Waals surface area contributed by atoms with Gasteiger partial charge in [0.25, 0.3) is 0 Å². The normalized spacial score (nSPS) is 20.4. The fourth-order valence-corrected chi connectivity index (χ4v) is 2.18. The second-order valence-corrected chi connectivity index (χ2v) is 4.77. The number of piperidine rings is 1. The number of rotatable bonds is 3. The Bertz CT molecular complexity index is 369. The number of aliphatic hydroxyl groups excluding tert-OH is 1. The quantitative estimate of drug-likeness (QED) is 0.839. The number of aromatic nitrogens is 2. The molecule has 17 heavy (non-hydrogen) atoms. The van der Waals surface area contributed by atoms with E-state index in [0.29, 0.717) is 5.92 Å². The average Bonchev–Trinajstić information content (AvgIpc) is 2.39. The van der Waals surface area contributed by atoms with Gasteiger partial charge in [0, 0.05) is 39.9 Å². The van der Waals surface area contributed by atoms with Crippen molar-refractivity contribution in [2.24, 2.45) is 5.92 Å². The Morgan fingerprint density at radius 3 is 3.00 bits per heavy atom. The van der Waals surface area contributed by atoms with Gasteiger partial charge in [-0.05, 0) is 18.8 Å². The maximum absolute atomic E-state index is 9.23. The van der Waals surface area contributed by atoms with Crippen molar-refractivity contribution in [1.82, 2.24) is 9.97 Å². The molecule has 5 heteroatoms. The molecule has 0 amide bonds. The number of aliphatic hydroxyl groups is 1. The summed E-state index contributed by atoms with van der Waals surface area (Å²) in [5.74, 6) is 2.25. The lowest BCUT2D eigenvalue weighted by Crippen LogP contribution is -2.37. The summed E-state index contributed by atoms with van der Waals surface area (Å²) in [5, 5.41) is 9.23. The molecule has 1 aliphatic heterocycles. The van der Waals surface area contributed by atoms with Crippen LogP contribution in [0.5, 0.6) is 0 Å². The predicted octanol–water partition coefficient (Wildman–Crippen LogP) is 0.751. The summed E-state index contributed by atoms with van der Waals surface area (Å²) in [4.78, 5) is 12.7. The van der Waals surface area contributed by atoms with Crippen LogP contribution in [-0.4, -0.2) is 48.9 Å². The van der Waals surface area contributed by atoms with E-state index in [2.05, 4.69) is 14.9 Å². The highest BCUT2D eigenvalue weighted by Gasteiger charge is 2.20. The summed E-state index contributed by atoms with van der Waals surface area (Å²) in [6.45, 7) is 2.17. The molecule has 1 aliphatic rings. The summed E-state index contributed by atoms with van der Waals surface area (Å²) in [7, 11) is 3.94. The van der Waals surface area contributed by atoms with Gasteiger partial charge in [-0.3, -0.25) is 0 Å². The number of anilines is 2. The van der Waals surface area contributed by atoms with Crippen molar-refractivity contribution in [2.45, 2.75) is 12.8 Å². The summed E-state index contributed by atoms with van der Waals surface area (Å²) < 4.78 is 0. The van der Waals surface area contributed by atoms with Crippen LogP contribution in [0.4, 0.5) is 11.6 Å².